The molecule has 4 nitrogen and oxygen atoms in total. The molecule has 0 N–H and O–H groups in total. The predicted octanol–water partition coefficient (Wildman–Crippen LogP) is 1.68. The molecular formula is C10H13NO3. The first-order valence-corrected chi connectivity index (χ1v) is 4.10. The molecular weight excluding hydrogens is 182 g/mol. The third-order valence-electron chi connectivity index (χ3n) is 1.74. The molecule has 14 heavy (non-hydrogen) atoms. The molecule has 76 valence electrons. The molecule has 4 heteroatoms. The molecule has 0 saturated heterocycles. The van der Waals surface area contributed by atoms with E-state index in [1.165, 1.54) is 7.11 Å². The summed E-state index contributed by atoms with van der Waals surface area (Å²) >= 11 is 0. The molecule has 0 heterocycles. The van der Waals surface area contributed by atoms with Crippen LogP contribution in [-0.4, -0.2) is 27.5 Å². The number of rotatable bonds is 4. The number of nitrogens with zero attached hydrogens (tertiary/aromatic N) is 1. The smallest absolute Gasteiger partial charge is 0.131 e. The molecule has 0 spiro atoms. The number of oxime groups is 1. The molecule has 1 rings (SSSR count). The van der Waals surface area contributed by atoms with Crippen LogP contribution in [-0.2, 0) is 4.84 Å². The largest absolute Gasteiger partial charge is 0.497 e. The van der Waals surface area contributed by atoms with Crippen molar-refractivity contribution in [1.29, 1.82) is 0 Å². The fourth-order valence-corrected chi connectivity index (χ4v) is 1.03. The van der Waals surface area contributed by atoms with Crippen molar-refractivity contribution in [3.8, 4) is 11.5 Å². The molecule has 1 aromatic carbocycles. The van der Waals surface area contributed by atoms with E-state index >= 15 is 0 Å². The maximum Gasteiger partial charge on any atom is 0.131 e. The number of hydrogen-bond acceptors (Lipinski definition) is 4. The summed E-state index contributed by atoms with van der Waals surface area (Å²) in [5.74, 6) is 1.45. The summed E-state index contributed by atoms with van der Waals surface area (Å²) in [5.41, 5.74) is 0.843. The maximum absolute atomic E-state index is 5.16. The summed E-state index contributed by atoms with van der Waals surface area (Å²) < 4.78 is 10.2. The van der Waals surface area contributed by atoms with Crippen molar-refractivity contribution < 1.29 is 14.3 Å². The highest BCUT2D eigenvalue weighted by molar-refractivity contribution is 5.83. The van der Waals surface area contributed by atoms with Gasteiger partial charge in [-0.25, -0.2) is 0 Å². The van der Waals surface area contributed by atoms with Crippen molar-refractivity contribution in [2.45, 2.75) is 0 Å². The predicted molar refractivity (Wildman–Crippen MR) is 54.1 cm³/mol. The summed E-state index contributed by atoms with van der Waals surface area (Å²) in [4.78, 5) is 4.58. The number of benzene rings is 1. The minimum absolute atomic E-state index is 0.699. The Labute approximate surface area is 83.1 Å². The molecule has 1 aromatic rings. The second kappa shape index (κ2) is 5.11. The molecule has 0 aliphatic heterocycles. The van der Waals surface area contributed by atoms with E-state index in [0.717, 1.165) is 11.3 Å². The SMILES string of the molecule is CO/N=C/c1ccc(OC)cc1OC. The minimum Gasteiger partial charge on any atom is -0.497 e. The Morgan fingerprint density at radius 2 is 1.93 bits per heavy atom. The van der Waals surface area contributed by atoms with Crippen LogP contribution >= 0.6 is 0 Å². The average molecular weight is 195 g/mol. The van der Waals surface area contributed by atoms with Gasteiger partial charge in [0.2, 0.25) is 0 Å². The zero-order valence-electron chi connectivity index (χ0n) is 8.48. The van der Waals surface area contributed by atoms with Gasteiger partial charge in [0.05, 0.1) is 20.4 Å². The van der Waals surface area contributed by atoms with E-state index in [2.05, 4.69) is 9.99 Å². The Balaban J connectivity index is 2.99. The molecule has 0 radical (unpaired) electrons. The lowest BCUT2D eigenvalue weighted by Gasteiger charge is -2.06. The van der Waals surface area contributed by atoms with Gasteiger partial charge in [0, 0.05) is 11.6 Å². The molecule has 0 amide bonds. The first kappa shape index (κ1) is 10.4. The van der Waals surface area contributed by atoms with Gasteiger partial charge in [0.25, 0.3) is 0 Å². The average Bonchev–Trinajstić information content (AvgIpc) is 2.26. The monoisotopic (exact) mass is 195 g/mol. The van der Waals surface area contributed by atoms with Crippen molar-refractivity contribution in [1.82, 2.24) is 0 Å². The van der Waals surface area contributed by atoms with Gasteiger partial charge >= 0.3 is 0 Å². The first-order chi connectivity index (χ1) is 6.81. The quantitative estimate of drug-likeness (QED) is 0.542. The highest BCUT2D eigenvalue weighted by Crippen LogP contribution is 2.22. The first-order valence-electron chi connectivity index (χ1n) is 4.10. The van der Waals surface area contributed by atoms with Gasteiger partial charge in [0.1, 0.15) is 18.6 Å². The molecule has 0 aliphatic carbocycles. The van der Waals surface area contributed by atoms with Gasteiger partial charge in [-0.1, -0.05) is 5.16 Å². The van der Waals surface area contributed by atoms with Gasteiger partial charge < -0.3 is 14.3 Å². The van der Waals surface area contributed by atoms with E-state index in [9.17, 15) is 0 Å². The molecule has 0 fully saturated rings. The Morgan fingerprint density at radius 1 is 1.14 bits per heavy atom. The Bertz CT molecular complexity index is 323. The van der Waals surface area contributed by atoms with Crippen LogP contribution in [0.5, 0.6) is 11.5 Å². The van der Waals surface area contributed by atoms with Crippen LogP contribution in [0, 0.1) is 0 Å². The maximum atomic E-state index is 5.16. The van der Waals surface area contributed by atoms with Gasteiger partial charge in [-0.3, -0.25) is 0 Å². The van der Waals surface area contributed by atoms with Gasteiger partial charge in [-0.15, -0.1) is 0 Å². The van der Waals surface area contributed by atoms with Crippen LogP contribution in [0.15, 0.2) is 23.4 Å². The third-order valence-corrected chi connectivity index (χ3v) is 1.74. The highest BCUT2D eigenvalue weighted by Gasteiger charge is 2.02. The van der Waals surface area contributed by atoms with Crippen LogP contribution in [0.2, 0.25) is 0 Å². The van der Waals surface area contributed by atoms with E-state index in [1.807, 2.05) is 12.1 Å². The van der Waals surface area contributed by atoms with Gasteiger partial charge in [-0.05, 0) is 12.1 Å². The zero-order chi connectivity index (χ0) is 10.4. The Kier molecular flexibility index (Phi) is 3.79. The van der Waals surface area contributed by atoms with E-state index in [-0.39, 0.29) is 0 Å². The van der Waals surface area contributed by atoms with E-state index < -0.39 is 0 Å². The van der Waals surface area contributed by atoms with Crippen LogP contribution in [0.1, 0.15) is 5.56 Å². The molecule has 0 bridgehead atoms. The Morgan fingerprint density at radius 3 is 2.50 bits per heavy atom. The number of hydrogen-bond donors (Lipinski definition) is 0. The van der Waals surface area contributed by atoms with Crippen LogP contribution in [0.4, 0.5) is 0 Å². The summed E-state index contributed by atoms with van der Waals surface area (Å²) in [7, 11) is 4.70. The summed E-state index contributed by atoms with van der Waals surface area (Å²) in [5, 5.41) is 3.66. The molecule has 0 saturated carbocycles. The lowest BCUT2D eigenvalue weighted by Crippen LogP contribution is -1.92. The summed E-state index contributed by atoms with van der Waals surface area (Å²) in [6, 6.07) is 5.47. The summed E-state index contributed by atoms with van der Waals surface area (Å²) in [6.07, 6.45) is 1.58. The van der Waals surface area contributed by atoms with Gasteiger partial charge in [-0.2, -0.15) is 0 Å². The van der Waals surface area contributed by atoms with Crippen molar-refractivity contribution in [2.75, 3.05) is 21.3 Å². The molecule has 0 unspecified atom stereocenters. The van der Waals surface area contributed by atoms with Crippen LogP contribution in [0.3, 0.4) is 0 Å². The standard InChI is InChI=1S/C10H13NO3/c1-12-9-5-4-8(7-11-14-3)10(6-9)13-2/h4-7H,1-3H3/b11-7+. The van der Waals surface area contributed by atoms with E-state index in [0.29, 0.717) is 5.75 Å². The third kappa shape index (κ3) is 2.39. The second-order valence-corrected chi connectivity index (χ2v) is 2.52. The van der Waals surface area contributed by atoms with Crippen molar-refractivity contribution in [3.63, 3.8) is 0 Å². The lowest BCUT2D eigenvalue weighted by atomic mass is 10.2. The topological polar surface area (TPSA) is 40.0 Å². The van der Waals surface area contributed by atoms with E-state index in [1.54, 1.807) is 26.5 Å². The fourth-order valence-electron chi connectivity index (χ4n) is 1.03. The number of methoxy groups -OCH3 is 2. The van der Waals surface area contributed by atoms with Crippen molar-refractivity contribution in [2.24, 2.45) is 5.16 Å². The van der Waals surface area contributed by atoms with Crippen LogP contribution < -0.4 is 9.47 Å². The molecule has 0 aliphatic rings. The lowest BCUT2D eigenvalue weighted by molar-refractivity contribution is 0.215. The van der Waals surface area contributed by atoms with Crippen LogP contribution in [0.25, 0.3) is 0 Å². The Hall–Kier alpha value is -1.71. The second-order valence-electron chi connectivity index (χ2n) is 2.52. The van der Waals surface area contributed by atoms with Crippen molar-refractivity contribution >= 4 is 6.21 Å². The number of ether oxygens (including phenoxy) is 2. The van der Waals surface area contributed by atoms with E-state index in [4.69, 9.17) is 9.47 Å². The van der Waals surface area contributed by atoms with Gasteiger partial charge in [0.15, 0.2) is 0 Å². The molecule has 0 aromatic heterocycles. The minimum atomic E-state index is 0.699. The highest BCUT2D eigenvalue weighted by atomic mass is 16.6. The normalized spacial score (nSPS) is 10.2. The summed E-state index contributed by atoms with van der Waals surface area (Å²) in [6.45, 7) is 0. The fraction of sp³-hybridized carbons (Fsp3) is 0.300. The zero-order valence-corrected chi connectivity index (χ0v) is 8.48. The molecule has 0 atom stereocenters. The van der Waals surface area contributed by atoms with Crippen molar-refractivity contribution in [3.05, 3.63) is 23.8 Å².